The van der Waals surface area contributed by atoms with Crippen LogP contribution in [0.5, 0.6) is 5.75 Å². The van der Waals surface area contributed by atoms with E-state index in [0.29, 0.717) is 30.6 Å². The zero-order valence-electron chi connectivity index (χ0n) is 17.3. The van der Waals surface area contributed by atoms with Crippen molar-refractivity contribution in [3.05, 3.63) is 41.6 Å². The normalized spacial score (nSPS) is 14.9. The molecule has 0 atom stereocenters. The number of thiophene rings is 1. The van der Waals surface area contributed by atoms with Gasteiger partial charge in [-0.15, -0.1) is 11.3 Å². The molecule has 32 heavy (non-hydrogen) atoms. The first-order chi connectivity index (χ1) is 15.5. The molecular formula is C20H22N4O6S2. The number of amides is 1. The van der Waals surface area contributed by atoms with Crippen LogP contribution in [0.4, 0.5) is 5.69 Å². The number of rotatable bonds is 8. The number of hydrogen-bond donors (Lipinski definition) is 1. The van der Waals surface area contributed by atoms with Gasteiger partial charge >= 0.3 is 0 Å². The monoisotopic (exact) mass is 478 g/mol. The van der Waals surface area contributed by atoms with E-state index in [1.54, 1.807) is 6.07 Å². The summed E-state index contributed by atoms with van der Waals surface area (Å²) in [5.41, 5.74) is 0.354. The largest absolute Gasteiger partial charge is 0.495 e. The van der Waals surface area contributed by atoms with Gasteiger partial charge in [-0.2, -0.15) is 9.29 Å². The Morgan fingerprint density at radius 2 is 2.09 bits per heavy atom. The third-order valence-electron chi connectivity index (χ3n) is 4.81. The molecule has 1 amide bonds. The summed E-state index contributed by atoms with van der Waals surface area (Å²) in [6.07, 6.45) is 0.364. The predicted molar refractivity (Wildman–Crippen MR) is 117 cm³/mol. The lowest BCUT2D eigenvalue weighted by Crippen LogP contribution is -2.40. The van der Waals surface area contributed by atoms with E-state index >= 15 is 0 Å². The molecule has 1 N–H and O–H groups in total. The lowest BCUT2D eigenvalue weighted by molar-refractivity contribution is -0.116. The van der Waals surface area contributed by atoms with Gasteiger partial charge in [-0.3, -0.25) is 4.79 Å². The number of carbonyl (C=O) groups excluding carboxylic acids is 1. The Morgan fingerprint density at radius 1 is 1.28 bits per heavy atom. The molecule has 4 rings (SSSR count). The lowest BCUT2D eigenvalue weighted by Gasteiger charge is -2.26. The molecule has 1 aliphatic heterocycles. The minimum absolute atomic E-state index is 0.00260. The molecule has 0 radical (unpaired) electrons. The third kappa shape index (κ3) is 4.99. The van der Waals surface area contributed by atoms with Crippen LogP contribution in [0.1, 0.15) is 12.3 Å². The van der Waals surface area contributed by atoms with Gasteiger partial charge in [0.15, 0.2) is 0 Å². The van der Waals surface area contributed by atoms with Crippen LogP contribution in [0.15, 0.2) is 45.1 Å². The Hall–Kier alpha value is -2.80. The lowest BCUT2D eigenvalue weighted by atomic mass is 10.2. The van der Waals surface area contributed by atoms with Crippen molar-refractivity contribution in [3.8, 4) is 16.5 Å². The first kappa shape index (κ1) is 22.4. The number of nitrogens with one attached hydrogen (secondary N) is 1. The van der Waals surface area contributed by atoms with E-state index in [0.717, 1.165) is 4.88 Å². The van der Waals surface area contributed by atoms with Crippen LogP contribution < -0.4 is 10.1 Å². The summed E-state index contributed by atoms with van der Waals surface area (Å²) in [4.78, 5) is 17.6. The average molecular weight is 479 g/mol. The maximum atomic E-state index is 13.1. The fourth-order valence-electron chi connectivity index (χ4n) is 3.19. The SMILES string of the molecule is COc1ccc(NC(=O)CCc2nc(-c3cccs3)no2)cc1S(=O)(=O)N1CCOCC1. The number of hydrogen-bond acceptors (Lipinski definition) is 9. The highest BCUT2D eigenvalue weighted by molar-refractivity contribution is 7.89. The van der Waals surface area contributed by atoms with Crippen molar-refractivity contribution < 1.29 is 27.2 Å². The summed E-state index contributed by atoms with van der Waals surface area (Å²) in [7, 11) is -2.39. The number of benzene rings is 1. The molecule has 2 aromatic heterocycles. The number of aryl methyl sites for hydroxylation is 1. The highest BCUT2D eigenvalue weighted by Crippen LogP contribution is 2.30. The predicted octanol–water partition coefficient (Wildman–Crippen LogP) is 2.40. The Balaban J connectivity index is 1.42. The van der Waals surface area contributed by atoms with E-state index in [9.17, 15) is 13.2 Å². The number of anilines is 1. The van der Waals surface area contributed by atoms with Crippen molar-refractivity contribution in [1.82, 2.24) is 14.4 Å². The summed E-state index contributed by atoms with van der Waals surface area (Å²) in [6.45, 7) is 1.20. The fourth-order valence-corrected chi connectivity index (χ4v) is 5.43. The van der Waals surface area contributed by atoms with Crippen LogP contribution >= 0.6 is 11.3 Å². The average Bonchev–Trinajstić information content (AvgIpc) is 3.50. The van der Waals surface area contributed by atoms with E-state index in [1.807, 2.05) is 17.5 Å². The van der Waals surface area contributed by atoms with Crippen molar-refractivity contribution in [2.24, 2.45) is 0 Å². The van der Waals surface area contributed by atoms with Gasteiger partial charge in [0.05, 0.1) is 25.2 Å². The van der Waals surface area contributed by atoms with Gasteiger partial charge in [-0.05, 0) is 29.6 Å². The molecule has 1 aliphatic rings. The number of ether oxygens (including phenoxy) is 2. The highest BCUT2D eigenvalue weighted by Gasteiger charge is 2.29. The van der Waals surface area contributed by atoms with Gasteiger partial charge in [0.25, 0.3) is 0 Å². The second-order valence-electron chi connectivity index (χ2n) is 6.92. The molecule has 1 aromatic carbocycles. The van der Waals surface area contributed by atoms with Crippen molar-refractivity contribution in [3.63, 3.8) is 0 Å². The fraction of sp³-hybridized carbons (Fsp3) is 0.350. The van der Waals surface area contributed by atoms with Crippen LogP contribution in [-0.2, 0) is 26.0 Å². The van der Waals surface area contributed by atoms with E-state index in [-0.39, 0.29) is 42.5 Å². The summed E-state index contributed by atoms with van der Waals surface area (Å²) in [6, 6.07) is 8.30. The van der Waals surface area contributed by atoms with Gasteiger partial charge in [0, 0.05) is 31.6 Å². The van der Waals surface area contributed by atoms with Crippen LogP contribution in [-0.4, -0.2) is 62.2 Å². The van der Waals surface area contributed by atoms with E-state index in [2.05, 4.69) is 15.5 Å². The molecule has 0 aliphatic carbocycles. The van der Waals surface area contributed by atoms with Crippen molar-refractivity contribution in [2.75, 3.05) is 38.7 Å². The number of aromatic nitrogens is 2. The minimum Gasteiger partial charge on any atom is -0.495 e. The number of methoxy groups -OCH3 is 1. The quantitative estimate of drug-likeness (QED) is 0.523. The molecule has 0 spiro atoms. The van der Waals surface area contributed by atoms with Gasteiger partial charge in [0.2, 0.25) is 27.6 Å². The second kappa shape index (κ2) is 9.77. The van der Waals surface area contributed by atoms with Gasteiger partial charge in [0.1, 0.15) is 10.6 Å². The molecule has 0 bridgehead atoms. The Kier molecular flexibility index (Phi) is 6.84. The molecule has 3 aromatic rings. The van der Waals surface area contributed by atoms with Crippen LogP contribution in [0.2, 0.25) is 0 Å². The smallest absolute Gasteiger partial charge is 0.246 e. The second-order valence-corrected chi connectivity index (χ2v) is 9.77. The maximum absolute atomic E-state index is 13.1. The zero-order valence-corrected chi connectivity index (χ0v) is 18.9. The topological polar surface area (TPSA) is 124 Å². The van der Waals surface area contributed by atoms with Crippen molar-refractivity contribution in [1.29, 1.82) is 0 Å². The molecule has 170 valence electrons. The van der Waals surface area contributed by atoms with Gasteiger partial charge < -0.3 is 19.3 Å². The standard InChI is InChI=1S/C20H22N4O6S2/c1-28-15-5-4-14(13-17(15)32(26,27)24-8-10-29-11-9-24)21-18(25)6-7-19-22-20(23-30-19)16-3-2-12-31-16/h2-5,12-13H,6-11H2,1H3,(H,21,25). The number of carbonyl (C=O) groups is 1. The van der Waals surface area contributed by atoms with Gasteiger partial charge in [-0.1, -0.05) is 11.2 Å². The molecule has 1 fully saturated rings. The number of sulfonamides is 1. The van der Waals surface area contributed by atoms with E-state index < -0.39 is 10.0 Å². The Labute approximate surface area is 189 Å². The molecule has 1 saturated heterocycles. The first-order valence-electron chi connectivity index (χ1n) is 9.89. The van der Waals surface area contributed by atoms with E-state index in [4.69, 9.17) is 14.0 Å². The molecule has 0 saturated carbocycles. The summed E-state index contributed by atoms with van der Waals surface area (Å²) in [5.74, 6) is 0.750. The number of morpholine rings is 1. The molecular weight excluding hydrogens is 456 g/mol. The molecule has 3 heterocycles. The van der Waals surface area contributed by atoms with Gasteiger partial charge in [-0.25, -0.2) is 8.42 Å². The van der Waals surface area contributed by atoms with Crippen LogP contribution in [0.25, 0.3) is 10.7 Å². The minimum atomic E-state index is -3.79. The third-order valence-corrected chi connectivity index (χ3v) is 7.60. The molecule has 12 heteroatoms. The maximum Gasteiger partial charge on any atom is 0.246 e. The zero-order chi connectivity index (χ0) is 22.6. The molecule has 0 unspecified atom stereocenters. The Morgan fingerprint density at radius 3 is 2.81 bits per heavy atom. The van der Waals surface area contributed by atoms with E-state index in [1.165, 1.54) is 34.9 Å². The van der Waals surface area contributed by atoms with Crippen LogP contribution in [0, 0.1) is 0 Å². The summed E-state index contributed by atoms with van der Waals surface area (Å²) >= 11 is 1.50. The van der Waals surface area contributed by atoms with Crippen LogP contribution in [0.3, 0.4) is 0 Å². The first-order valence-corrected chi connectivity index (χ1v) is 12.2. The van der Waals surface area contributed by atoms with Crippen molar-refractivity contribution in [2.45, 2.75) is 17.7 Å². The molecule has 10 nitrogen and oxygen atoms in total. The summed E-state index contributed by atoms with van der Waals surface area (Å²) < 4.78 is 43.2. The Bertz CT molecular complexity index is 1170. The van der Waals surface area contributed by atoms with Crippen molar-refractivity contribution >= 4 is 33.0 Å². The number of nitrogens with zero attached hydrogens (tertiary/aromatic N) is 3. The highest BCUT2D eigenvalue weighted by atomic mass is 32.2. The summed E-state index contributed by atoms with van der Waals surface area (Å²) in [5, 5.41) is 8.56.